The van der Waals surface area contributed by atoms with Gasteiger partial charge in [-0.3, -0.25) is 4.79 Å². The minimum Gasteiger partial charge on any atom is -0.494 e. The number of aromatic amines is 1. The Kier molecular flexibility index (Phi) is 3.87. The Morgan fingerprint density at radius 2 is 2.28 bits per heavy atom. The SMILES string of the molecule is CCOc1ccc2[nH]cc(CCCC(=O)O)c2c1. The average Bonchev–Trinajstić information content (AvgIpc) is 2.72. The lowest BCUT2D eigenvalue weighted by atomic mass is 10.1. The number of H-pyrrole nitrogens is 1. The van der Waals surface area contributed by atoms with Crippen molar-refractivity contribution in [2.75, 3.05) is 6.61 Å². The highest BCUT2D eigenvalue weighted by atomic mass is 16.5. The highest BCUT2D eigenvalue weighted by molar-refractivity contribution is 5.84. The predicted molar refractivity (Wildman–Crippen MR) is 70.0 cm³/mol. The molecular formula is C14H17NO3. The van der Waals surface area contributed by atoms with E-state index in [1.807, 2.05) is 31.3 Å². The van der Waals surface area contributed by atoms with Gasteiger partial charge in [0, 0.05) is 23.5 Å². The Hall–Kier alpha value is -1.97. The topological polar surface area (TPSA) is 62.3 Å². The monoisotopic (exact) mass is 247 g/mol. The maximum absolute atomic E-state index is 10.5. The van der Waals surface area contributed by atoms with Crippen molar-refractivity contribution in [3.8, 4) is 5.75 Å². The number of aromatic nitrogens is 1. The molecule has 2 aromatic rings. The van der Waals surface area contributed by atoms with Crippen molar-refractivity contribution in [2.24, 2.45) is 0 Å². The third kappa shape index (κ3) is 2.83. The lowest BCUT2D eigenvalue weighted by Gasteiger charge is -2.03. The zero-order valence-corrected chi connectivity index (χ0v) is 10.4. The number of fused-ring (bicyclic) bond motifs is 1. The molecule has 0 fully saturated rings. The molecule has 2 rings (SSSR count). The number of hydrogen-bond donors (Lipinski definition) is 2. The van der Waals surface area contributed by atoms with Gasteiger partial charge in [-0.1, -0.05) is 0 Å². The van der Waals surface area contributed by atoms with Crippen molar-refractivity contribution in [3.05, 3.63) is 30.0 Å². The fraction of sp³-hybridized carbons (Fsp3) is 0.357. The Labute approximate surface area is 106 Å². The van der Waals surface area contributed by atoms with E-state index in [1.165, 1.54) is 0 Å². The molecule has 0 spiro atoms. The van der Waals surface area contributed by atoms with Gasteiger partial charge in [0.15, 0.2) is 0 Å². The summed E-state index contributed by atoms with van der Waals surface area (Å²) in [5, 5.41) is 9.76. The van der Waals surface area contributed by atoms with Crippen LogP contribution in [0.5, 0.6) is 5.75 Å². The predicted octanol–water partition coefficient (Wildman–Crippen LogP) is 2.97. The first-order valence-corrected chi connectivity index (χ1v) is 6.15. The van der Waals surface area contributed by atoms with Gasteiger partial charge in [0.2, 0.25) is 0 Å². The molecule has 0 aliphatic rings. The van der Waals surface area contributed by atoms with E-state index in [4.69, 9.17) is 9.84 Å². The Morgan fingerprint density at radius 1 is 1.44 bits per heavy atom. The van der Waals surface area contributed by atoms with E-state index in [0.29, 0.717) is 13.0 Å². The fourth-order valence-electron chi connectivity index (χ4n) is 2.05. The molecule has 0 atom stereocenters. The van der Waals surface area contributed by atoms with Gasteiger partial charge in [0.25, 0.3) is 0 Å². The maximum atomic E-state index is 10.5. The number of benzene rings is 1. The smallest absolute Gasteiger partial charge is 0.303 e. The van der Waals surface area contributed by atoms with E-state index in [9.17, 15) is 4.79 Å². The summed E-state index contributed by atoms with van der Waals surface area (Å²) in [5.41, 5.74) is 2.21. The number of carboxylic acids is 1. The molecule has 0 radical (unpaired) electrons. The maximum Gasteiger partial charge on any atom is 0.303 e. The molecule has 1 aromatic carbocycles. The number of hydrogen-bond acceptors (Lipinski definition) is 2. The van der Waals surface area contributed by atoms with Crippen molar-refractivity contribution in [1.82, 2.24) is 4.98 Å². The first kappa shape index (κ1) is 12.5. The van der Waals surface area contributed by atoms with Crippen LogP contribution in [-0.4, -0.2) is 22.7 Å². The van der Waals surface area contributed by atoms with Crippen molar-refractivity contribution in [1.29, 1.82) is 0 Å². The second-order valence-electron chi connectivity index (χ2n) is 4.20. The van der Waals surface area contributed by atoms with Crippen LogP contribution in [0, 0.1) is 0 Å². The number of carbonyl (C=O) groups is 1. The molecule has 0 bridgehead atoms. The number of ether oxygens (including phenoxy) is 1. The van der Waals surface area contributed by atoms with Crippen LogP contribution in [0.4, 0.5) is 0 Å². The average molecular weight is 247 g/mol. The van der Waals surface area contributed by atoms with Crippen molar-refractivity contribution >= 4 is 16.9 Å². The standard InChI is InChI=1S/C14H17NO3/c1-2-18-11-6-7-13-12(8-11)10(9-15-13)4-3-5-14(16)17/h6-9,15H,2-5H2,1H3,(H,16,17). The van der Waals surface area contributed by atoms with Gasteiger partial charge in [-0.15, -0.1) is 0 Å². The van der Waals surface area contributed by atoms with Crippen molar-refractivity contribution in [3.63, 3.8) is 0 Å². The molecule has 0 aliphatic carbocycles. The molecule has 96 valence electrons. The van der Waals surface area contributed by atoms with E-state index in [1.54, 1.807) is 0 Å². The minimum atomic E-state index is -0.746. The van der Waals surface area contributed by atoms with Gasteiger partial charge in [-0.25, -0.2) is 0 Å². The number of aryl methyl sites for hydroxylation is 1. The molecule has 0 aliphatic heterocycles. The van der Waals surface area contributed by atoms with E-state index in [2.05, 4.69) is 4.98 Å². The van der Waals surface area contributed by atoms with Gasteiger partial charge in [-0.05, 0) is 43.5 Å². The van der Waals surface area contributed by atoms with E-state index < -0.39 is 5.97 Å². The largest absolute Gasteiger partial charge is 0.494 e. The normalized spacial score (nSPS) is 10.7. The molecule has 0 saturated carbocycles. The van der Waals surface area contributed by atoms with Crippen LogP contribution < -0.4 is 4.74 Å². The lowest BCUT2D eigenvalue weighted by molar-refractivity contribution is -0.137. The Morgan fingerprint density at radius 3 is 3.00 bits per heavy atom. The fourth-order valence-corrected chi connectivity index (χ4v) is 2.05. The number of carboxylic acid groups (broad SMARTS) is 1. The second kappa shape index (κ2) is 5.58. The van der Waals surface area contributed by atoms with Crippen LogP contribution in [0.2, 0.25) is 0 Å². The quantitative estimate of drug-likeness (QED) is 0.824. The summed E-state index contributed by atoms with van der Waals surface area (Å²) in [4.78, 5) is 13.7. The van der Waals surface area contributed by atoms with Gasteiger partial charge >= 0.3 is 5.97 Å². The third-order valence-electron chi connectivity index (χ3n) is 2.89. The van der Waals surface area contributed by atoms with Crippen molar-refractivity contribution < 1.29 is 14.6 Å². The van der Waals surface area contributed by atoms with Crippen LogP contribution in [0.3, 0.4) is 0 Å². The molecule has 1 aromatic heterocycles. The van der Waals surface area contributed by atoms with Gasteiger partial charge in [0.05, 0.1) is 6.61 Å². The number of nitrogens with one attached hydrogen (secondary N) is 1. The summed E-state index contributed by atoms with van der Waals surface area (Å²) >= 11 is 0. The molecular weight excluding hydrogens is 230 g/mol. The van der Waals surface area contributed by atoms with Gasteiger partial charge in [0.1, 0.15) is 5.75 Å². The third-order valence-corrected chi connectivity index (χ3v) is 2.89. The van der Waals surface area contributed by atoms with Crippen LogP contribution in [0.15, 0.2) is 24.4 Å². The summed E-state index contributed by atoms with van der Waals surface area (Å²) in [6.07, 6.45) is 3.57. The van der Waals surface area contributed by atoms with Crippen LogP contribution >= 0.6 is 0 Å². The van der Waals surface area contributed by atoms with Crippen LogP contribution in [-0.2, 0) is 11.2 Å². The molecule has 18 heavy (non-hydrogen) atoms. The summed E-state index contributed by atoms with van der Waals surface area (Å²) < 4.78 is 5.47. The van der Waals surface area contributed by atoms with E-state index in [-0.39, 0.29) is 6.42 Å². The molecule has 0 unspecified atom stereocenters. The zero-order chi connectivity index (χ0) is 13.0. The molecule has 2 N–H and O–H groups in total. The Balaban J connectivity index is 2.16. The highest BCUT2D eigenvalue weighted by Gasteiger charge is 2.06. The lowest BCUT2D eigenvalue weighted by Crippen LogP contribution is -1.95. The first-order chi connectivity index (χ1) is 8.70. The van der Waals surface area contributed by atoms with Crippen LogP contribution in [0.25, 0.3) is 10.9 Å². The second-order valence-corrected chi connectivity index (χ2v) is 4.20. The van der Waals surface area contributed by atoms with Gasteiger partial charge in [-0.2, -0.15) is 0 Å². The van der Waals surface area contributed by atoms with Gasteiger partial charge < -0.3 is 14.8 Å². The van der Waals surface area contributed by atoms with E-state index in [0.717, 1.165) is 28.6 Å². The summed E-state index contributed by atoms with van der Waals surface area (Å²) in [6.45, 7) is 2.60. The summed E-state index contributed by atoms with van der Waals surface area (Å²) in [5.74, 6) is 0.105. The first-order valence-electron chi connectivity index (χ1n) is 6.15. The molecule has 4 nitrogen and oxygen atoms in total. The van der Waals surface area contributed by atoms with Crippen molar-refractivity contribution in [2.45, 2.75) is 26.2 Å². The molecule has 0 saturated heterocycles. The number of aliphatic carboxylic acids is 1. The van der Waals surface area contributed by atoms with Crippen LogP contribution in [0.1, 0.15) is 25.3 Å². The molecule has 0 amide bonds. The zero-order valence-electron chi connectivity index (χ0n) is 10.4. The summed E-state index contributed by atoms with van der Waals surface area (Å²) in [6, 6.07) is 5.93. The molecule has 1 heterocycles. The highest BCUT2D eigenvalue weighted by Crippen LogP contribution is 2.24. The minimum absolute atomic E-state index is 0.206. The molecule has 4 heteroatoms. The summed E-state index contributed by atoms with van der Waals surface area (Å²) in [7, 11) is 0. The number of rotatable bonds is 6. The van der Waals surface area contributed by atoms with E-state index >= 15 is 0 Å². The Bertz CT molecular complexity index is 545.